The van der Waals surface area contributed by atoms with Crippen molar-refractivity contribution >= 4 is 23.7 Å². The van der Waals surface area contributed by atoms with Crippen LogP contribution in [0, 0.1) is 0 Å². The second kappa shape index (κ2) is 8.48. The Balaban J connectivity index is 1.57. The van der Waals surface area contributed by atoms with Gasteiger partial charge in [-0.3, -0.25) is 14.7 Å². The minimum Gasteiger partial charge on any atom is -0.403 e. The van der Waals surface area contributed by atoms with Crippen LogP contribution < -0.4 is 11.0 Å². The van der Waals surface area contributed by atoms with Crippen molar-refractivity contribution in [2.75, 3.05) is 11.1 Å². The van der Waals surface area contributed by atoms with Gasteiger partial charge in [0.15, 0.2) is 5.16 Å². The lowest BCUT2D eigenvalue weighted by Crippen LogP contribution is -2.19. The van der Waals surface area contributed by atoms with Gasteiger partial charge in [-0.2, -0.15) is 0 Å². The summed E-state index contributed by atoms with van der Waals surface area (Å²) in [5.74, 6) is 0.0736. The zero-order valence-corrected chi connectivity index (χ0v) is 15.0. The summed E-state index contributed by atoms with van der Waals surface area (Å²) in [6, 6.07) is 9.30. The lowest BCUT2D eigenvalue weighted by Gasteiger charge is -2.04. The summed E-state index contributed by atoms with van der Waals surface area (Å²) in [7, 11) is 0. The molecule has 26 heavy (non-hydrogen) atoms. The van der Waals surface area contributed by atoms with E-state index in [0.29, 0.717) is 17.6 Å². The van der Waals surface area contributed by atoms with Gasteiger partial charge in [-0.15, -0.1) is 10.2 Å². The molecule has 0 aliphatic carbocycles. The molecular weight excluding hydrogens is 356 g/mol. The van der Waals surface area contributed by atoms with Crippen LogP contribution in [0.2, 0.25) is 0 Å². The lowest BCUT2D eigenvalue weighted by atomic mass is 10.2. The monoisotopic (exact) mass is 374 g/mol. The van der Waals surface area contributed by atoms with Crippen LogP contribution >= 0.6 is 11.8 Å². The number of nitrogens with zero attached hydrogens (tertiary/aromatic N) is 4. The molecule has 0 aliphatic heterocycles. The summed E-state index contributed by atoms with van der Waals surface area (Å²) in [5, 5.41) is 17.1. The normalized spacial score (nSPS) is 10.8. The van der Waals surface area contributed by atoms with E-state index in [1.807, 2.05) is 37.3 Å². The van der Waals surface area contributed by atoms with Crippen molar-refractivity contribution < 1.29 is 9.21 Å². The van der Waals surface area contributed by atoms with E-state index in [4.69, 9.17) is 4.42 Å². The first-order valence-corrected chi connectivity index (χ1v) is 9.12. The summed E-state index contributed by atoms with van der Waals surface area (Å²) in [6.45, 7) is 2.61. The molecule has 9 nitrogen and oxygen atoms in total. The van der Waals surface area contributed by atoms with Crippen LogP contribution in [-0.4, -0.2) is 36.6 Å². The molecule has 3 aromatic rings. The summed E-state index contributed by atoms with van der Waals surface area (Å²) >= 11 is 1.17. The number of hydrogen-bond acceptors (Lipinski definition) is 7. The number of anilines is 1. The van der Waals surface area contributed by atoms with Crippen molar-refractivity contribution in [3.8, 4) is 11.5 Å². The molecular formula is C16H18N6O3S. The van der Waals surface area contributed by atoms with Crippen LogP contribution in [-0.2, 0) is 11.3 Å². The summed E-state index contributed by atoms with van der Waals surface area (Å²) < 4.78 is 6.96. The fourth-order valence-corrected chi connectivity index (χ4v) is 2.96. The number of benzene rings is 1. The van der Waals surface area contributed by atoms with Crippen LogP contribution in [0.4, 0.5) is 6.01 Å². The number of carbonyl (C=O) groups excluding carboxylic acids is 1. The van der Waals surface area contributed by atoms with E-state index in [-0.39, 0.29) is 23.4 Å². The number of aromatic nitrogens is 5. The highest BCUT2D eigenvalue weighted by Gasteiger charge is 2.14. The van der Waals surface area contributed by atoms with Crippen molar-refractivity contribution in [3.63, 3.8) is 0 Å². The van der Waals surface area contributed by atoms with E-state index in [2.05, 4.69) is 25.7 Å². The molecule has 2 N–H and O–H groups in total. The molecule has 0 aliphatic rings. The smallest absolute Gasteiger partial charge is 0.343 e. The van der Waals surface area contributed by atoms with Gasteiger partial charge in [-0.1, -0.05) is 48.4 Å². The standard InChI is InChI=1S/C16H18N6O3S/c1-2-3-9-22-15(24)20-21-16(22)26-10-12(23)17-14-19-18-13(25-14)11-7-5-4-6-8-11/h4-8H,2-3,9-10H2,1H3,(H,20,24)(H,17,19,23). The number of rotatable bonds is 8. The second-order valence-electron chi connectivity index (χ2n) is 5.43. The third-order valence-corrected chi connectivity index (χ3v) is 4.46. The number of unbranched alkanes of at least 4 members (excludes halogenated alkanes) is 1. The Hall–Kier alpha value is -2.88. The number of amides is 1. The van der Waals surface area contributed by atoms with Gasteiger partial charge in [0, 0.05) is 12.1 Å². The Morgan fingerprint density at radius 2 is 2.12 bits per heavy atom. The first-order chi connectivity index (χ1) is 12.7. The highest BCUT2D eigenvalue weighted by Crippen LogP contribution is 2.19. The van der Waals surface area contributed by atoms with Crippen molar-refractivity contribution in [2.45, 2.75) is 31.5 Å². The van der Waals surface area contributed by atoms with Gasteiger partial charge in [0.05, 0.1) is 5.75 Å². The number of nitrogens with one attached hydrogen (secondary N) is 2. The largest absolute Gasteiger partial charge is 0.403 e. The molecule has 0 saturated heterocycles. The first-order valence-electron chi connectivity index (χ1n) is 8.14. The predicted octanol–water partition coefficient (Wildman–Crippen LogP) is 2.15. The molecule has 1 aromatic carbocycles. The molecule has 2 heterocycles. The van der Waals surface area contributed by atoms with Gasteiger partial charge in [0.2, 0.25) is 11.8 Å². The summed E-state index contributed by atoms with van der Waals surface area (Å²) in [5.41, 5.74) is 0.497. The molecule has 0 fully saturated rings. The molecule has 2 aromatic heterocycles. The van der Waals surface area contributed by atoms with Crippen molar-refractivity contribution in [2.24, 2.45) is 0 Å². The Morgan fingerprint density at radius 1 is 1.31 bits per heavy atom. The zero-order chi connectivity index (χ0) is 18.4. The molecule has 0 spiro atoms. The van der Waals surface area contributed by atoms with Crippen LogP contribution in [0.5, 0.6) is 0 Å². The molecule has 3 rings (SSSR count). The Labute approximate surface area is 153 Å². The van der Waals surface area contributed by atoms with Gasteiger partial charge in [-0.25, -0.2) is 9.89 Å². The van der Waals surface area contributed by atoms with Gasteiger partial charge >= 0.3 is 11.7 Å². The van der Waals surface area contributed by atoms with Crippen molar-refractivity contribution in [1.29, 1.82) is 0 Å². The van der Waals surface area contributed by atoms with Gasteiger partial charge in [0.1, 0.15) is 0 Å². The highest BCUT2D eigenvalue weighted by molar-refractivity contribution is 7.99. The number of carbonyl (C=O) groups is 1. The van der Waals surface area contributed by atoms with Gasteiger partial charge in [0.25, 0.3) is 0 Å². The third kappa shape index (κ3) is 4.39. The van der Waals surface area contributed by atoms with Gasteiger partial charge < -0.3 is 4.42 Å². The molecule has 0 bridgehead atoms. The van der Waals surface area contributed by atoms with Crippen LogP contribution in [0.15, 0.2) is 44.7 Å². The molecule has 136 valence electrons. The van der Waals surface area contributed by atoms with Crippen molar-refractivity contribution in [3.05, 3.63) is 40.8 Å². The third-order valence-electron chi connectivity index (χ3n) is 3.48. The lowest BCUT2D eigenvalue weighted by molar-refractivity contribution is -0.113. The maximum atomic E-state index is 12.1. The number of aromatic amines is 1. The average Bonchev–Trinajstić information content (AvgIpc) is 3.26. The average molecular weight is 374 g/mol. The number of H-pyrrole nitrogens is 1. The summed E-state index contributed by atoms with van der Waals surface area (Å²) in [6.07, 6.45) is 1.83. The van der Waals surface area contributed by atoms with Crippen LogP contribution in [0.3, 0.4) is 0 Å². The van der Waals surface area contributed by atoms with Crippen LogP contribution in [0.1, 0.15) is 19.8 Å². The topological polar surface area (TPSA) is 119 Å². The predicted molar refractivity (Wildman–Crippen MR) is 96.8 cm³/mol. The van der Waals surface area contributed by atoms with E-state index < -0.39 is 0 Å². The van der Waals surface area contributed by atoms with E-state index in [9.17, 15) is 9.59 Å². The Bertz CT molecular complexity index is 917. The molecule has 0 atom stereocenters. The SMILES string of the molecule is CCCCn1c(SCC(=O)Nc2nnc(-c3ccccc3)o2)n[nH]c1=O. The van der Waals surface area contributed by atoms with E-state index in [1.165, 1.54) is 16.3 Å². The zero-order valence-electron chi connectivity index (χ0n) is 14.1. The van der Waals surface area contributed by atoms with Crippen LogP contribution in [0.25, 0.3) is 11.5 Å². The molecule has 10 heteroatoms. The Kier molecular flexibility index (Phi) is 5.84. The Morgan fingerprint density at radius 3 is 2.88 bits per heavy atom. The maximum Gasteiger partial charge on any atom is 0.343 e. The van der Waals surface area contributed by atoms with E-state index in [1.54, 1.807) is 0 Å². The van der Waals surface area contributed by atoms with E-state index in [0.717, 1.165) is 18.4 Å². The fourth-order valence-electron chi connectivity index (χ4n) is 2.18. The molecule has 1 amide bonds. The second-order valence-corrected chi connectivity index (χ2v) is 6.37. The van der Waals surface area contributed by atoms with Crippen molar-refractivity contribution in [1.82, 2.24) is 25.0 Å². The van der Waals surface area contributed by atoms with Gasteiger partial charge in [-0.05, 0) is 18.6 Å². The molecule has 0 radical (unpaired) electrons. The molecule has 0 unspecified atom stereocenters. The number of thioether (sulfide) groups is 1. The highest BCUT2D eigenvalue weighted by atomic mass is 32.2. The minimum absolute atomic E-state index is 0.0276. The molecule has 0 saturated carbocycles. The minimum atomic E-state index is -0.323. The quantitative estimate of drug-likeness (QED) is 0.580. The van der Waals surface area contributed by atoms with E-state index >= 15 is 0 Å². The first kappa shape index (κ1) is 17.9. The summed E-state index contributed by atoms with van der Waals surface area (Å²) in [4.78, 5) is 23.8. The number of hydrogen-bond donors (Lipinski definition) is 2. The fraction of sp³-hybridized carbons (Fsp3) is 0.312. The maximum absolute atomic E-state index is 12.1.